The first-order valence-corrected chi connectivity index (χ1v) is 4.69. The molecular weight excluding hydrogens is 178 g/mol. The molecule has 0 saturated carbocycles. The summed E-state index contributed by atoms with van der Waals surface area (Å²) in [6.45, 7) is 4.52. The maximum atomic E-state index is 8.60. The summed E-state index contributed by atoms with van der Waals surface area (Å²) in [7, 11) is 0. The molecule has 0 spiro atoms. The van der Waals surface area contributed by atoms with Gasteiger partial charge in [0.05, 0.1) is 12.3 Å². The highest BCUT2D eigenvalue weighted by Crippen LogP contribution is 2.14. The fraction of sp³-hybridized carbons (Fsp3) is 0.364. The molecule has 1 N–H and O–H groups in total. The summed E-state index contributed by atoms with van der Waals surface area (Å²) in [6.07, 6.45) is 0.983. The number of nitrogens with zero attached hydrogens (tertiary/aromatic N) is 1. The van der Waals surface area contributed by atoms with Crippen LogP contribution in [-0.4, -0.2) is 17.5 Å². The van der Waals surface area contributed by atoms with Crippen molar-refractivity contribution in [1.82, 2.24) is 0 Å². The maximum Gasteiger partial charge on any atom is 0.119 e. The molecule has 0 atom stereocenters. The van der Waals surface area contributed by atoms with Gasteiger partial charge < -0.3 is 9.94 Å². The average Bonchev–Trinajstić information content (AvgIpc) is 2.25. The minimum absolute atomic E-state index is 0.590. The maximum absolute atomic E-state index is 8.60. The molecule has 0 aliphatic rings. The van der Waals surface area contributed by atoms with Gasteiger partial charge in [0.25, 0.3) is 0 Å². The molecule has 0 bridgehead atoms. The van der Waals surface area contributed by atoms with Crippen LogP contribution in [0.1, 0.15) is 25.8 Å². The summed E-state index contributed by atoms with van der Waals surface area (Å²) in [5, 5.41) is 11.7. The minimum atomic E-state index is 0.590. The lowest BCUT2D eigenvalue weighted by atomic mass is 10.1. The van der Waals surface area contributed by atoms with Crippen molar-refractivity contribution in [2.24, 2.45) is 5.16 Å². The second-order valence-electron chi connectivity index (χ2n) is 3.06. The predicted molar refractivity (Wildman–Crippen MR) is 56.2 cm³/mol. The van der Waals surface area contributed by atoms with Gasteiger partial charge in [-0.1, -0.05) is 24.2 Å². The van der Waals surface area contributed by atoms with Crippen LogP contribution in [0.2, 0.25) is 0 Å². The first-order valence-electron chi connectivity index (χ1n) is 4.69. The molecule has 0 unspecified atom stereocenters. The summed E-state index contributed by atoms with van der Waals surface area (Å²) in [5.74, 6) is 0.812. The van der Waals surface area contributed by atoms with Gasteiger partial charge >= 0.3 is 0 Å². The number of hydrogen-bond donors (Lipinski definition) is 1. The molecule has 0 radical (unpaired) electrons. The fourth-order valence-corrected chi connectivity index (χ4v) is 1.09. The summed E-state index contributed by atoms with van der Waals surface area (Å²) < 4.78 is 5.45. The van der Waals surface area contributed by atoms with Crippen LogP contribution in [0.5, 0.6) is 5.75 Å². The van der Waals surface area contributed by atoms with Crippen LogP contribution >= 0.6 is 0 Å². The zero-order valence-electron chi connectivity index (χ0n) is 8.53. The van der Waals surface area contributed by atoms with E-state index in [-0.39, 0.29) is 0 Å². The van der Waals surface area contributed by atoms with Crippen molar-refractivity contribution in [2.45, 2.75) is 20.3 Å². The largest absolute Gasteiger partial charge is 0.494 e. The van der Waals surface area contributed by atoms with Crippen molar-refractivity contribution in [3.05, 3.63) is 29.8 Å². The van der Waals surface area contributed by atoms with Crippen molar-refractivity contribution in [1.29, 1.82) is 0 Å². The van der Waals surface area contributed by atoms with Crippen LogP contribution in [0.4, 0.5) is 0 Å². The van der Waals surface area contributed by atoms with E-state index in [1.165, 1.54) is 0 Å². The summed E-state index contributed by atoms with van der Waals surface area (Å²) >= 11 is 0. The van der Waals surface area contributed by atoms with Crippen molar-refractivity contribution in [3.8, 4) is 5.75 Å². The van der Waals surface area contributed by atoms with E-state index in [4.69, 9.17) is 9.94 Å². The molecule has 0 aliphatic carbocycles. The standard InChI is InChI=1S/C11H15NO2/c1-3-7-14-11-6-4-5-10(8-11)9(2)12-13/h4-6,8,13H,3,7H2,1-2H3/b12-9+. The Labute approximate surface area is 84.0 Å². The molecule has 0 amide bonds. The first-order chi connectivity index (χ1) is 6.77. The van der Waals surface area contributed by atoms with Crippen LogP contribution in [0, 0.1) is 0 Å². The smallest absolute Gasteiger partial charge is 0.119 e. The molecule has 1 aromatic rings. The van der Waals surface area contributed by atoms with Crippen LogP contribution in [-0.2, 0) is 0 Å². The third-order valence-electron chi connectivity index (χ3n) is 1.87. The monoisotopic (exact) mass is 193 g/mol. The van der Waals surface area contributed by atoms with Gasteiger partial charge in [0, 0.05) is 5.56 Å². The van der Waals surface area contributed by atoms with E-state index in [1.807, 2.05) is 24.3 Å². The zero-order chi connectivity index (χ0) is 10.4. The minimum Gasteiger partial charge on any atom is -0.494 e. The number of benzene rings is 1. The van der Waals surface area contributed by atoms with Crippen molar-refractivity contribution in [3.63, 3.8) is 0 Å². The highest BCUT2D eigenvalue weighted by Gasteiger charge is 1.99. The molecule has 0 aliphatic heterocycles. The molecule has 0 fully saturated rings. The molecule has 14 heavy (non-hydrogen) atoms. The summed E-state index contributed by atoms with van der Waals surface area (Å²) in [6, 6.07) is 7.53. The van der Waals surface area contributed by atoms with Crippen LogP contribution in [0.3, 0.4) is 0 Å². The second-order valence-corrected chi connectivity index (χ2v) is 3.06. The number of oxime groups is 1. The Kier molecular flexibility index (Phi) is 3.98. The average molecular weight is 193 g/mol. The van der Waals surface area contributed by atoms with Crippen LogP contribution in [0.25, 0.3) is 0 Å². The van der Waals surface area contributed by atoms with Crippen molar-refractivity contribution >= 4 is 5.71 Å². The zero-order valence-corrected chi connectivity index (χ0v) is 8.53. The van der Waals surface area contributed by atoms with Gasteiger partial charge in [-0.25, -0.2) is 0 Å². The van der Waals surface area contributed by atoms with E-state index in [2.05, 4.69) is 12.1 Å². The van der Waals surface area contributed by atoms with E-state index in [1.54, 1.807) is 6.92 Å². The van der Waals surface area contributed by atoms with E-state index < -0.39 is 0 Å². The van der Waals surface area contributed by atoms with E-state index in [9.17, 15) is 0 Å². The van der Waals surface area contributed by atoms with Gasteiger partial charge in [0.2, 0.25) is 0 Å². The second kappa shape index (κ2) is 5.27. The lowest BCUT2D eigenvalue weighted by molar-refractivity contribution is 0.316. The number of rotatable bonds is 4. The van der Waals surface area contributed by atoms with Gasteiger partial charge in [-0.05, 0) is 25.5 Å². The van der Waals surface area contributed by atoms with Gasteiger partial charge in [-0.15, -0.1) is 0 Å². The Morgan fingerprint density at radius 1 is 1.50 bits per heavy atom. The van der Waals surface area contributed by atoms with Crippen LogP contribution < -0.4 is 4.74 Å². The third kappa shape index (κ3) is 2.76. The van der Waals surface area contributed by atoms with Gasteiger partial charge in [-0.2, -0.15) is 0 Å². The molecule has 0 saturated heterocycles. The van der Waals surface area contributed by atoms with Crippen molar-refractivity contribution in [2.75, 3.05) is 6.61 Å². The fourth-order valence-electron chi connectivity index (χ4n) is 1.09. The topological polar surface area (TPSA) is 41.8 Å². The molecule has 0 aromatic heterocycles. The van der Waals surface area contributed by atoms with Crippen LogP contribution in [0.15, 0.2) is 29.4 Å². The molecule has 76 valence electrons. The van der Waals surface area contributed by atoms with E-state index in [0.29, 0.717) is 12.3 Å². The molecular formula is C11H15NO2. The van der Waals surface area contributed by atoms with E-state index >= 15 is 0 Å². The first kappa shape index (κ1) is 10.6. The summed E-state index contributed by atoms with van der Waals surface area (Å²) in [4.78, 5) is 0. The Morgan fingerprint density at radius 3 is 2.93 bits per heavy atom. The highest BCUT2D eigenvalue weighted by atomic mass is 16.5. The molecule has 3 nitrogen and oxygen atoms in total. The molecule has 1 aromatic carbocycles. The van der Waals surface area contributed by atoms with E-state index in [0.717, 1.165) is 17.7 Å². The Bertz CT molecular complexity index is 321. The molecule has 3 heteroatoms. The quantitative estimate of drug-likeness (QED) is 0.454. The SMILES string of the molecule is CCCOc1cccc(/C(C)=N/O)c1. The normalized spacial score (nSPS) is 11.4. The third-order valence-corrected chi connectivity index (χ3v) is 1.87. The lowest BCUT2D eigenvalue weighted by Crippen LogP contribution is -1.98. The highest BCUT2D eigenvalue weighted by molar-refractivity contribution is 5.98. The van der Waals surface area contributed by atoms with Gasteiger partial charge in [-0.3, -0.25) is 0 Å². The Morgan fingerprint density at radius 2 is 2.29 bits per heavy atom. The van der Waals surface area contributed by atoms with Gasteiger partial charge in [0.15, 0.2) is 0 Å². The van der Waals surface area contributed by atoms with Gasteiger partial charge in [0.1, 0.15) is 5.75 Å². The lowest BCUT2D eigenvalue weighted by Gasteiger charge is -2.05. The Balaban J connectivity index is 2.79. The number of ether oxygens (including phenoxy) is 1. The predicted octanol–water partition coefficient (Wildman–Crippen LogP) is 2.67. The van der Waals surface area contributed by atoms with Crippen molar-refractivity contribution < 1.29 is 9.94 Å². The molecule has 1 rings (SSSR count). The number of hydrogen-bond acceptors (Lipinski definition) is 3. The molecule has 0 heterocycles. The Hall–Kier alpha value is -1.51. The summed E-state index contributed by atoms with van der Waals surface area (Å²) in [5.41, 5.74) is 1.47.